The maximum atomic E-state index is 12.6. The number of halogens is 3. The molecule has 0 aliphatic carbocycles. The van der Waals surface area contributed by atoms with Crippen LogP contribution in [0.25, 0.3) is 0 Å². The van der Waals surface area contributed by atoms with Gasteiger partial charge in [-0.2, -0.15) is 13.2 Å². The second-order valence-corrected chi connectivity index (χ2v) is 8.54. The van der Waals surface area contributed by atoms with Crippen molar-refractivity contribution in [3.05, 3.63) is 22.8 Å². The number of β-lactam (4-membered cyclic amide) rings is 1. The lowest BCUT2D eigenvalue weighted by Crippen LogP contribution is -2.71. The lowest BCUT2D eigenvalue weighted by atomic mass is 10.0. The Morgan fingerprint density at radius 1 is 1.47 bits per heavy atom. The van der Waals surface area contributed by atoms with Crippen LogP contribution < -0.4 is 11.1 Å². The van der Waals surface area contributed by atoms with Gasteiger partial charge in [-0.25, -0.2) is 9.78 Å². The first-order chi connectivity index (χ1) is 14.0. The first-order valence-electron chi connectivity index (χ1n) is 8.20. The first-order valence-corrected chi connectivity index (χ1v) is 10.0. The second kappa shape index (κ2) is 8.14. The van der Waals surface area contributed by atoms with Crippen LogP contribution in [0.2, 0.25) is 0 Å². The number of nitrogens with two attached hydrogens (primary N) is 1. The van der Waals surface area contributed by atoms with Crippen molar-refractivity contribution in [2.75, 3.05) is 12.3 Å². The summed E-state index contributed by atoms with van der Waals surface area (Å²) in [7, 11) is 0. The number of carbonyl (C=O) groups is 3. The molecular weight excluding hydrogens is 451 g/mol. The molecule has 0 saturated carbocycles. The van der Waals surface area contributed by atoms with Gasteiger partial charge in [0.15, 0.2) is 10.8 Å². The predicted octanol–water partition coefficient (Wildman–Crippen LogP) is 0.765. The zero-order chi connectivity index (χ0) is 22.2. The molecule has 0 spiro atoms. The third kappa shape index (κ3) is 4.51. The van der Waals surface area contributed by atoms with E-state index in [1.807, 2.05) is 0 Å². The third-order valence-corrected chi connectivity index (χ3v) is 5.92. The monoisotopic (exact) mass is 465 g/mol. The molecule has 3 atom stereocenters. The number of carboxylic acids is 1. The highest BCUT2D eigenvalue weighted by molar-refractivity contribution is 8.00. The van der Waals surface area contributed by atoms with Crippen LogP contribution in [-0.2, 0) is 19.2 Å². The van der Waals surface area contributed by atoms with Gasteiger partial charge >= 0.3 is 12.1 Å². The maximum absolute atomic E-state index is 12.6. The van der Waals surface area contributed by atoms with Gasteiger partial charge in [0.2, 0.25) is 6.61 Å². The number of nitrogen functional groups attached to an aromatic ring is 1. The Balaban J connectivity index is 1.78. The van der Waals surface area contributed by atoms with Gasteiger partial charge in [-0.15, -0.1) is 23.1 Å². The van der Waals surface area contributed by atoms with Crippen molar-refractivity contribution in [3.63, 3.8) is 0 Å². The van der Waals surface area contributed by atoms with Gasteiger partial charge in [0, 0.05) is 10.6 Å². The minimum Gasteiger partial charge on any atom is -0.477 e. The third-order valence-electron chi connectivity index (χ3n) is 3.92. The lowest BCUT2D eigenvalue weighted by Gasteiger charge is -2.49. The summed E-state index contributed by atoms with van der Waals surface area (Å²) in [6.45, 7) is -0.00909. The van der Waals surface area contributed by atoms with Crippen LogP contribution in [0.3, 0.4) is 0 Å². The number of rotatable bonds is 6. The molecule has 10 nitrogen and oxygen atoms in total. The average molecular weight is 465 g/mol. The van der Waals surface area contributed by atoms with Crippen LogP contribution in [0, 0.1) is 0 Å². The fourth-order valence-electron chi connectivity index (χ4n) is 2.71. The van der Waals surface area contributed by atoms with Crippen molar-refractivity contribution >= 4 is 51.7 Å². The summed E-state index contributed by atoms with van der Waals surface area (Å²) in [5.41, 5.74) is 4.57. The summed E-state index contributed by atoms with van der Waals surface area (Å²) in [6, 6.07) is -1.10. The van der Waals surface area contributed by atoms with Crippen molar-refractivity contribution in [3.8, 4) is 0 Å². The number of carboxylic acid groups (broad SMARTS) is 1. The highest BCUT2D eigenvalue weighted by Crippen LogP contribution is 2.40. The van der Waals surface area contributed by atoms with Crippen LogP contribution in [-0.4, -0.2) is 67.9 Å². The predicted molar refractivity (Wildman–Crippen MR) is 100 cm³/mol. The van der Waals surface area contributed by atoms with Gasteiger partial charge < -0.3 is 21.0 Å². The topological polar surface area (TPSA) is 147 Å². The number of fused-ring (bicyclic) bond motifs is 1. The number of aliphatic carboxylic acids is 1. The van der Waals surface area contributed by atoms with E-state index in [1.54, 1.807) is 6.92 Å². The molecule has 1 aromatic heterocycles. The Kier molecular flexibility index (Phi) is 5.94. The molecule has 1 fully saturated rings. The van der Waals surface area contributed by atoms with E-state index in [-0.39, 0.29) is 21.8 Å². The van der Waals surface area contributed by atoms with E-state index in [0.717, 1.165) is 16.2 Å². The lowest BCUT2D eigenvalue weighted by molar-refractivity contribution is -0.174. The van der Waals surface area contributed by atoms with Crippen LogP contribution in [0.15, 0.2) is 22.3 Å². The molecule has 2 unspecified atom stereocenters. The molecule has 30 heavy (non-hydrogen) atoms. The molecular formula is C15H14F3N5O5S2. The summed E-state index contributed by atoms with van der Waals surface area (Å²) in [6.07, 6.45) is -3.26. The number of nitrogens with one attached hydrogen (secondary N) is 1. The molecule has 2 aliphatic rings. The quantitative estimate of drug-likeness (QED) is 0.317. The van der Waals surface area contributed by atoms with Gasteiger partial charge in [-0.1, -0.05) is 5.16 Å². The number of thioether (sulfide) groups is 1. The molecule has 2 aliphatic heterocycles. The number of nitrogens with zero attached hydrogens (tertiary/aromatic N) is 3. The summed E-state index contributed by atoms with van der Waals surface area (Å²) in [4.78, 5) is 45.4. The number of hydrogen-bond acceptors (Lipinski definition) is 9. The largest absolute Gasteiger partial charge is 0.477 e. The molecule has 15 heteroatoms. The summed E-state index contributed by atoms with van der Waals surface area (Å²) >= 11 is 2.17. The molecule has 4 N–H and O–H groups in total. The molecule has 3 rings (SSSR count). The van der Waals surface area contributed by atoms with E-state index >= 15 is 0 Å². The Labute approximate surface area is 174 Å². The number of hydrogen-bond donors (Lipinski definition) is 3. The molecule has 2 amide bonds. The molecule has 162 valence electrons. The van der Waals surface area contributed by atoms with E-state index in [1.165, 1.54) is 23.2 Å². The summed E-state index contributed by atoms with van der Waals surface area (Å²) in [5, 5.41) is 15.3. The highest BCUT2D eigenvalue weighted by atomic mass is 32.2. The number of oxime groups is 1. The van der Waals surface area contributed by atoms with Crippen molar-refractivity contribution in [1.82, 2.24) is 15.2 Å². The first kappa shape index (κ1) is 21.9. The molecule has 1 saturated heterocycles. The minimum absolute atomic E-state index is 0.0418. The number of thiazole rings is 1. The van der Waals surface area contributed by atoms with Gasteiger partial charge in [-0.05, 0) is 13.0 Å². The zero-order valence-electron chi connectivity index (χ0n) is 15.0. The summed E-state index contributed by atoms with van der Waals surface area (Å²) < 4.78 is 37.0. The van der Waals surface area contributed by atoms with Crippen molar-refractivity contribution in [2.24, 2.45) is 5.16 Å². The number of carbonyl (C=O) groups excluding carboxylic acids is 2. The van der Waals surface area contributed by atoms with E-state index in [2.05, 4.69) is 20.3 Å². The van der Waals surface area contributed by atoms with Crippen molar-refractivity contribution < 1.29 is 37.5 Å². The molecule has 3 heterocycles. The maximum Gasteiger partial charge on any atom is 0.425 e. The smallest absolute Gasteiger partial charge is 0.425 e. The number of alkyl halides is 3. The van der Waals surface area contributed by atoms with Crippen LogP contribution >= 0.6 is 23.1 Å². The van der Waals surface area contributed by atoms with Gasteiger partial charge in [0.1, 0.15) is 22.8 Å². The summed E-state index contributed by atoms with van der Waals surface area (Å²) in [5.74, 6) is -2.97. The zero-order valence-corrected chi connectivity index (χ0v) is 16.7. The van der Waals surface area contributed by atoms with E-state index in [4.69, 9.17) is 5.73 Å². The molecule has 0 aromatic carbocycles. The minimum atomic E-state index is -4.68. The SMILES string of the molecule is CC1C=C(C(=O)O)N2C(=O)C(NC(=O)/C(=N/OCC(F)(F)F)c3csc(N)n3)[C@H]2S1. The molecule has 1 aromatic rings. The van der Waals surface area contributed by atoms with Crippen molar-refractivity contribution in [2.45, 2.75) is 29.8 Å². The Morgan fingerprint density at radius 2 is 2.17 bits per heavy atom. The Hall–Kier alpha value is -2.81. The Morgan fingerprint density at radius 3 is 2.73 bits per heavy atom. The standard InChI is InChI=1S/C15H14F3N5O5S2/c1-5-2-7(13(26)27)23-11(25)9(12(23)30-5)21-10(24)8(6-3-29-14(19)20-6)22-28-4-15(16,17)18/h2-3,5,9,12H,4H2,1H3,(H2,19,20)(H,21,24)(H,26,27)/b22-8+/t5?,9?,12-/m1/s1. The molecule has 0 radical (unpaired) electrons. The van der Waals surface area contributed by atoms with Crippen LogP contribution in [0.1, 0.15) is 12.6 Å². The van der Waals surface area contributed by atoms with Crippen LogP contribution in [0.5, 0.6) is 0 Å². The second-order valence-electron chi connectivity index (χ2n) is 6.15. The van der Waals surface area contributed by atoms with Crippen molar-refractivity contribution in [1.29, 1.82) is 0 Å². The number of aromatic nitrogens is 1. The fourth-order valence-corrected chi connectivity index (χ4v) is 4.58. The number of amides is 2. The molecule has 0 bridgehead atoms. The van der Waals surface area contributed by atoms with Gasteiger partial charge in [0.25, 0.3) is 11.8 Å². The van der Waals surface area contributed by atoms with E-state index in [0.29, 0.717) is 0 Å². The normalized spacial score (nSPS) is 23.9. The highest BCUT2D eigenvalue weighted by Gasteiger charge is 2.54. The van der Waals surface area contributed by atoms with E-state index < -0.39 is 47.7 Å². The Bertz CT molecular complexity index is 947. The van der Waals surface area contributed by atoms with Gasteiger partial charge in [-0.3, -0.25) is 14.5 Å². The number of anilines is 1. The van der Waals surface area contributed by atoms with E-state index in [9.17, 15) is 32.7 Å². The van der Waals surface area contributed by atoms with Crippen LogP contribution in [0.4, 0.5) is 18.3 Å². The fraction of sp³-hybridized carbons (Fsp3) is 0.400. The average Bonchev–Trinajstić information content (AvgIpc) is 3.07. The van der Waals surface area contributed by atoms with Gasteiger partial charge in [0.05, 0.1) is 0 Å².